The van der Waals surface area contributed by atoms with Gasteiger partial charge in [-0.2, -0.15) is 0 Å². The zero-order valence-electron chi connectivity index (χ0n) is 17.8. The van der Waals surface area contributed by atoms with Crippen LogP contribution in [-0.2, 0) is 18.9 Å². The van der Waals surface area contributed by atoms with Crippen molar-refractivity contribution in [3.63, 3.8) is 0 Å². The quantitative estimate of drug-likeness (QED) is 0.722. The van der Waals surface area contributed by atoms with Crippen molar-refractivity contribution in [1.29, 1.82) is 0 Å². The molecule has 0 aromatic heterocycles. The first kappa shape index (κ1) is 19.0. The summed E-state index contributed by atoms with van der Waals surface area (Å²) in [4.78, 5) is 0. The van der Waals surface area contributed by atoms with Gasteiger partial charge in [0.05, 0.1) is 26.4 Å². The van der Waals surface area contributed by atoms with E-state index in [4.69, 9.17) is 18.9 Å². The van der Waals surface area contributed by atoms with Crippen molar-refractivity contribution in [3.8, 4) is 0 Å². The molecular weight excluding hydrogens is 368 g/mol. The van der Waals surface area contributed by atoms with Gasteiger partial charge in [-0.3, -0.25) is 0 Å². The fourth-order valence-corrected chi connectivity index (χ4v) is 7.81. The first-order chi connectivity index (χ1) is 13.9. The zero-order valence-corrected chi connectivity index (χ0v) is 17.8. The molecule has 1 N–H and O–H groups in total. The molecule has 5 nitrogen and oxygen atoms in total. The highest BCUT2D eigenvalue weighted by molar-refractivity contribution is 5.45. The lowest BCUT2D eigenvalue weighted by molar-refractivity contribution is -0.293. The molecule has 0 aromatic carbocycles. The molecular formula is C24H34O5. The van der Waals surface area contributed by atoms with Gasteiger partial charge in [-0.25, -0.2) is 0 Å². The van der Waals surface area contributed by atoms with Crippen molar-refractivity contribution in [2.75, 3.05) is 26.4 Å². The van der Waals surface area contributed by atoms with Crippen molar-refractivity contribution in [2.45, 2.75) is 82.4 Å². The molecule has 0 aromatic rings. The second-order valence-electron chi connectivity index (χ2n) is 10.4. The van der Waals surface area contributed by atoms with E-state index < -0.39 is 11.4 Å². The summed E-state index contributed by atoms with van der Waals surface area (Å²) in [7, 11) is 0. The molecule has 2 heterocycles. The second kappa shape index (κ2) is 6.17. The monoisotopic (exact) mass is 402 g/mol. The third-order valence-corrected chi connectivity index (χ3v) is 9.39. The third-order valence-electron chi connectivity index (χ3n) is 9.39. The van der Waals surface area contributed by atoms with E-state index in [1.54, 1.807) is 16.7 Å². The van der Waals surface area contributed by atoms with Gasteiger partial charge in [0.1, 0.15) is 5.60 Å². The van der Waals surface area contributed by atoms with Gasteiger partial charge in [0, 0.05) is 18.3 Å². The predicted octanol–water partition coefficient (Wildman–Crippen LogP) is 3.86. The molecule has 160 valence electrons. The maximum Gasteiger partial charge on any atom is 0.195 e. The number of rotatable bonds is 1. The first-order valence-corrected chi connectivity index (χ1v) is 11.6. The Kier molecular flexibility index (Phi) is 4.04. The molecule has 29 heavy (non-hydrogen) atoms. The Hall–Kier alpha value is -0.720. The molecule has 2 unspecified atom stereocenters. The zero-order chi connectivity index (χ0) is 19.9. The topological polar surface area (TPSA) is 57.2 Å². The van der Waals surface area contributed by atoms with E-state index in [1.807, 2.05) is 6.92 Å². The smallest absolute Gasteiger partial charge is 0.195 e. The highest BCUT2D eigenvalue weighted by Crippen LogP contribution is 2.66. The van der Waals surface area contributed by atoms with Crippen LogP contribution in [0, 0.1) is 17.3 Å². The van der Waals surface area contributed by atoms with Crippen LogP contribution in [0.4, 0.5) is 0 Å². The summed E-state index contributed by atoms with van der Waals surface area (Å²) in [6.07, 6.45) is 10.5. The fraction of sp³-hybridized carbons (Fsp3) is 0.833. The Morgan fingerprint density at radius 1 is 0.931 bits per heavy atom. The molecule has 4 aliphatic carbocycles. The Bertz CT molecular complexity index is 772. The molecule has 3 fully saturated rings. The van der Waals surface area contributed by atoms with Crippen molar-refractivity contribution in [2.24, 2.45) is 17.3 Å². The van der Waals surface area contributed by atoms with Crippen molar-refractivity contribution in [1.82, 2.24) is 0 Å². The maximum atomic E-state index is 11.9. The Labute approximate surface area is 173 Å². The van der Waals surface area contributed by atoms with Crippen LogP contribution in [0.25, 0.3) is 0 Å². The molecule has 0 radical (unpaired) electrons. The van der Waals surface area contributed by atoms with Crippen LogP contribution >= 0.6 is 0 Å². The van der Waals surface area contributed by atoms with Gasteiger partial charge in [0.25, 0.3) is 0 Å². The molecule has 2 aliphatic heterocycles. The summed E-state index contributed by atoms with van der Waals surface area (Å²) in [5.41, 5.74) is 3.59. The molecule has 2 saturated heterocycles. The summed E-state index contributed by atoms with van der Waals surface area (Å²) >= 11 is 0. The average molecular weight is 403 g/mol. The van der Waals surface area contributed by atoms with Gasteiger partial charge in [-0.05, 0) is 68.4 Å². The highest BCUT2D eigenvalue weighted by Gasteiger charge is 2.68. The number of ether oxygens (including phenoxy) is 4. The fourth-order valence-electron chi connectivity index (χ4n) is 7.81. The van der Waals surface area contributed by atoms with Crippen LogP contribution in [0.2, 0.25) is 0 Å². The second-order valence-corrected chi connectivity index (χ2v) is 10.4. The van der Waals surface area contributed by atoms with Crippen LogP contribution < -0.4 is 0 Å². The van der Waals surface area contributed by atoms with Crippen LogP contribution in [0.5, 0.6) is 0 Å². The number of fused-ring (bicyclic) bond motifs is 4. The van der Waals surface area contributed by atoms with Gasteiger partial charge < -0.3 is 24.1 Å². The standard InChI is InChI=1S/C24H34O5/c1-21-8-5-18-17-6-9-23(28-13-14-29-23)15-16(17)3-4-19(18)20(21)7-10-24(21,25)22(2)26-11-12-27-22/h5,19-20,25H,3-4,6-15H2,1-2H3/t19?,20?,21-,24+/m0/s1. The van der Waals surface area contributed by atoms with Gasteiger partial charge in [0.2, 0.25) is 0 Å². The van der Waals surface area contributed by atoms with Gasteiger partial charge in [-0.15, -0.1) is 0 Å². The Morgan fingerprint density at radius 2 is 1.66 bits per heavy atom. The minimum absolute atomic E-state index is 0.202. The predicted molar refractivity (Wildman–Crippen MR) is 107 cm³/mol. The number of allylic oxidation sites excluding steroid dienone is 3. The van der Waals surface area contributed by atoms with Crippen LogP contribution in [0.3, 0.4) is 0 Å². The molecule has 4 atom stereocenters. The summed E-state index contributed by atoms with van der Waals surface area (Å²) in [5.74, 6) is -0.184. The lowest BCUT2D eigenvalue weighted by atomic mass is 9.55. The lowest BCUT2D eigenvalue weighted by Gasteiger charge is -2.54. The summed E-state index contributed by atoms with van der Waals surface area (Å²) in [6.45, 7) is 6.86. The van der Waals surface area contributed by atoms with Crippen molar-refractivity contribution < 1.29 is 24.1 Å². The largest absolute Gasteiger partial charge is 0.384 e. The minimum atomic E-state index is -0.931. The molecule has 1 spiro atoms. The Morgan fingerprint density at radius 3 is 2.41 bits per heavy atom. The van der Waals surface area contributed by atoms with E-state index in [2.05, 4.69) is 13.0 Å². The van der Waals surface area contributed by atoms with Crippen LogP contribution in [0.1, 0.15) is 65.2 Å². The maximum absolute atomic E-state index is 11.9. The van der Waals surface area contributed by atoms with E-state index in [9.17, 15) is 5.11 Å². The summed E-state index contributed by atoms with van der Waals surface area (Å²) in [6, 6.07) is 0. The highest BCUT2D eigenvalue weighted by atomic mass is 16.8. The van der Waals surface area contributed by atoms with Gasteiger partial charge in [0.15, 0.2) is 11.6 Å². The van der Waals surface area contributed by atoms with Crippen molar-refractivity contribution in [3.05, 3.63) is 22.8 Å². The summed E-state index contributed by atoms with van der Waals surface area (Å²) < 4.78 is 24.0. The number of hydrogen-bond donors (Lipinski definition) is 1. The van der Waals surface area contributed by atoms with Crippen molar-refractivity contribution >= 4 is 0 Å². The molecule has 1 saturated carbocycles. The molecule has 6 aliphatic rings. The van der Waals surface area contributed by atoms with Crippen LogP contribution in [-0.4, -0.2) is 48.7 Å². The third kappa shape index (κ3) is 2.40. The molecule has 0 amide bonds. The normalized spacial score (nSPS) is 45.1. The van der Waals surface area contributed by atoms with E-state index >= 15 is 0 Å². The van der Waals surface area contributed by atoms with E-state index in [1.165, 1.54) is 6.42 Å². The average Bonchev–Trinajstić information content (AvgIpc) is 3.42. The van der Waals surface area contributed by atoms with E-state index in [0.29, 0.717) is 25.0 Å². The van der Waals surface area contributed by atoms with Crippen LogP contribution in [0.15, 0.2) is 22.8 Å². The van der Waals surface area contributed by atoms with Gasteiger partial charge in [-0.1, -0.05) is 18.6 Å². The minimum Gasteiger partial charge on any atom is -0.384 e. The SMILES string of the molecule is CC1([C@@]2(O)CCC3C4CCC5=C(CCC6(C5)OCCO6)C4=CC[C@@]32C)OCCO1. The van der Waals surface area contributed by atoms with Gasteiger partial charge >= 0.3 is 0 Å². The summed E-state index contributed by atoms with van der Waals surface area (Å²) in [5, 5.41) is 11.9. The molecule has 6 rings (SSSR count). The molecule has 0 bridgehead atoms. The van der Waals surface area contributed by atoms with E-state index in [0.717, 1.165) is 58.2 Å². The lowest BCUT2D eigenvalue weighted by Crippen LogP contribution is -2.62. The number of aliphatic hydroxyl groups is 1. The Balaban J connectivity index is 1.33. The van der Waals surface area contributed by atoms with E-state index in [-0.39, 0.29) is 11.2 Å². The number of hydrogen-bond acceptors (Lipinski definition) is 5. The first-order valence-electron chi connectivity index (χ1n) is 11.6. The molecule has 5 heteroatoms.